The first-order valence-corrected chi connectivity index (χ1v) is 6.40. The molecule has 0 atom stereocenters. The number of nitrogens with zero attached hydrogens (tertiary/aromatic N) is 5. The van der Waals surface area contributed by atoms with Crippen molar-refractivity contribution < 1.29 is 5.11 Å². The van der Waals surface area contributed by atoms with Crippen LogP contribution in [0.3, 0.4) is 0 Å². The van der Waals surface area contributed by atoms with Crippen molar-refractivity contribution >= 4 is 11.6 Å². The van der Waals surface area contributed by atoms with E-state index in [1.165, 1.54) is 0 Å². The van der Waals surface area contributed by atoms with Crippen molar-refractivity contribution in [2.24, 2.45) is 0 Å². The van der Waals surface area contributed by atoms with Gasteiger partial charge in [-0.3, -0.25) is 0 Å². The van der Waals surface area contributed by atoms with Gasteiger partial charge in [-0.05, 0) is 19.1 Å². The average molecular weight is 290 g/mol. The van der Waals surface area contributed by atoms with Gasteiger partial charge in [0.05, 0.1) is 12.3 Å². The molecule has 0 aliphatic rings. The monoisotopic (exact) mass is 289 g/mol. The molecule has 3 rings (SSSR count). The van der Waals surface area contributed by atoms with Gasteiger partial charge in [0.2, 0.25) is 0 Å². The van der Waals surface area contributed by atoms with Gasteiger partial charge in [0.15, 0.2) is 5.82 Å². The van der Waals surface area contributed by atoms with Crippen LogP contribution in [0.15, 0.2) is 36.8 Å². The first kappa shape index (κ1) is 12.8. The van der Waals surface area contributed by atoms with Crippen LogP contribution in [-0.2, 0) is 6.61 Å². The summed E-state index contributed by atoms with van der Waals surface area (Å²) in [6.45, 7) is 1.65. The number of hydrogen-bond donors (Lipinski definition) is 1. The van der Waals surface area contributed by atoms with Crippen LogP contribution < -0.4 is 0 Å². The molecule has 0 amide bonds. The van der Waals surface area contributed by atoms with E-state index in [1.807, 2.05) is 31.3 Å². The zero-order chi connectivity index (χ0) is 14.1. The second kappa shape index (κ2) is 5.07. The third-order valence-electron chi connectivity index (χ3n) is 2.90. The minimum Gasteiger partial charge on any atom is -0.391 e. The van der Waals surface area contributed by atoms with Gasteiger partial charge < -0.3 is 5.11 Å². The molecule has 0 aliphatic carbocycles. The van der Waals surface area contributed by atoms with Crippen molar-refractivity contribution in [2.45, 2.75) is 13.5 Å². The second-order valence-corrected chi connectivity index (χ2v) is 4.64. The molecule has 0 bridgehead atoms. The lowest BCUT2D eigenvalue weighted by molar-refractivity contribution is 0.281. The largest absolute Gasteiger partial charge is 0.391 e. The molecule has 0 saturated heterocycles. The third-order valence-corrected chi connectivity index (χ3v) is 3.21. The second-order valence-electron chi connectivity index (χ2n) is 4.28. The Morgan fingerprint density at radius 3 is 2.85 bits per heavy atom. The molecule has 0 fully saturated rings. The average Bonchev–Trinajstić information content (AvgIpc) is 3.09. The quantitative estimate of drug-likeness (QED) is 0.748. The molecule has 0 aromatic carbocycles. The number of rotatable bonds is 3. The summed E-state index contributed by atoms with van der Waals surface area (Å²) >= 11 is 6.06. The molecule has 6 nitrogen and oxygen atoms in total. The summed E-state index contributed by atoms with van der Waals surface area (Å²) in [5.74, 6) is 0.685. The SMILES string of the molecule is Cc1cc(-n2ccc(-n3cccn3)n2)c(CO)c(Cl)n1. The number of aliphatic hydroxyl groups is 1. The maximum Gasteiger partial charge on any atom is 0.175 e. The number of pyridine rings is 1. The van der Waals surface area contributed by atoms with Crippen molar-refractivity contribution in [3.8, 4) is 11.5 Å². The Morgan fingerprint density at radius 2 is 2.15 bits per heavy atom. The maximum absolute atomic E-state index is 9.46. The third kappa shape index (κ3) is 2.19. The lowest BCUT2D eigenvalue weighted by atomic mass is 10.2. The Kier molecular flexibility index (Phi) is 3.25. The van der Waals surface area contributed by atoms with Crippen LogP contribution >= 0.6 is 11.6 Å². The smallest absolute Gasteiger partial charge is 0.175 e. The zero-order valence-electron chi connectivity index (χ0n) is 10.7. The van der Waals surface area contributed by atoms with Crippen LogP contribution in [-0.4, -0.2) is 29.7 Å². The summed E-state index contributed by atoms with van der Waals surface area (Å²) in [5, 5.41) is 18.3. The Balaban J connectivity index is 2.10. The highest BCUT2D eigenvalue weighted by molar-refractivity contribution is 6.30. The fourth-order valence-corrected chi connectivity index (χ4v) is 2.26. The van der Waals surface area contributed by atoms with E-state index in [9.17, 15) is 5.11 Å². The lowest BCUT2D eigenvalue weighted by Gasteiger charge is -2.10. The van der Waals surface area contributed by atoms with E-state index in [1.54, 1.807) is 21.8 Å². The van der Waals surface area contributed by atoms with Crippen LogP contribution in [0.1, 0.15) is 11.3 Å². The van der Waals surface area contributed by atoms with Crippen LogP contribution in [0.4, 0.5) is 0 Å². The summed E-state index contributed by atoms with van der Waals surface area (Å²) in [6.07, 6.45) is 5.29. The molecule has 7 heteroatoms. The van der Waals surface area contributed by atoms with Gasteiger partial charge in [-0.2, -0.15) is 5.10 Å². The normalized spacial score (nSPS) is 10.9. The molecule has 0 aliphatic heterocycles. The van der Waals surface area contributed by atoms with Gasteiger partial charge in [0, 0.05) is 35.9 Å². The number of aliphatic hydroxyl groups excluding tert-OH is 1. The van der Waals surface area contributed by atoms with Gasteiger partial charge >= 0.3 is 0 Å². The topological polar surface area (TPSA) is 68.8 Å². The Hall–Kier alpha value is -2.18. The molecule has 3 heterocycles. The minimum absolute atomic E-state index is 0.196. The molecule has 102 valence electrons. The van der Waals surface area contributed by atoms with Gasteiger partial charge in [-0.1, -0.05) is 11.6 Å². The fourth-order valence-electron chi connectivity index (χ4n) is 1.97. The van der Waals surface area contributed by atoms with Crippen molar-refractivity contribution in [1.29, 1.82) is 0 Å². The van der Waals surface area contributed by atoms with E-state index in [0.29, 0.717) is 22.2 Å². The highest BCUT2D eigenvalue weighted by Gasteiger charge is 2.12. The summed E-state index contributed by atoms with van der Waals surface area (Å²) < 4.78 is 3.31. The highest BCUT2D eigenvalue weighted by Crippen LogP contribution is 2.23. The molecular weight excluding hydrogens is 278 g/mol. The Bertz CT molecular complexity index is 735. The number of hydrogen-bond acceptors (Lipinski definition) is 4. The van der Waals surface area contributed by atoms with E-state index in [-0.39, 0.29) is 6.61 Å². The van der Waals surface area contributed by atoms with E-state index in [2.05, 4.69) is 15.2 Å². The maximum atomic E-state index is 9.46. The predicted octanol–water partition coefficient (Wildman–Crippen LogP) is 1.91. The van der Waals surface area contributed by atoms with E-state index in [4.69, 9.17) is 11.6 Å². The van der Waals surface area contributed by atoms with E-state index in [0.717, 1.165) is 5.69 Å². The molecule has 0 spiro atoms. The van der Waals surface area contributed by atoms with Crippen molar-refractivity contribution in [1.82, 2.24) is 24.5 Å². The summed E-state index contributed by atoms with van der Waals surface area (Å²) in [5.41, 5.74) is 2.02. The lowest BCUT2D eigenvalue weighted by Crippen LogP contribution is -2.05. The van der Waals surface area contributed by atoms with Crippen LogP contribution in [0.5, 0.6) is 0 Å². The molecule has 3 aromatic rings. The minimum atomic E-state index is -0.196. The molecule has 3 aromatic heterocycles. The summed E-state index contributed by atoms with van der Waals surface area (Å²) in [7, 11) is 0. The fraction of sp³-hybridized carbons (Fsp3) is 0.154. The molecule has 1 N–H and O–H groups in total. The first-order valence-electron chi connectivity index (χ1n) is 6.02. The highest BCUT2D eigenvalue weighted by atomic mass is 35.5. The molecule has 0 unspecified atom stereocenters. The van der Waals surface area contributed by atoms with Gasteiger partial charge in [0.25, 0.3) is 0 Å². The van der Waals surface area contributed by atoms with E-state index < -0.39 is 0 Å². The van der Waals surface area contributed by atoms with Crippen molar-refractivity contribution in [3.05, 3.63) is 53.2 Å². The summed E-state index contributed by atoms with van der Waals surface area (Å²) in [4.78, 5) is 4.13. The predicted molar refractivity (Wildman–Crippen MR) is 74.2 cm³/mol. The Labute approximate surface area is 120 Å². The first-order chi connectivity index (χ1) is 9.69. The number of aryl methyl sites for hydroxylation is 1. The molecule has 0 radical (unpaired) electrons. The van der Waals surface area contributed by atoms with Crippen LogP contribution in [0, 0.1) is 6.92 Å². The van der Waals surface area contributed by atoms with Crippen molar-refractivity contribution in [3.63, 3.8) is 0 Å². The number of halogens is 1. The van der Waals surface area contributed by atoms with Gasteiger partial charge in [-0.15, -0.1) is 5.10 Å². The van der Waals surface area contributed by atoms with Gasteiger partial charge in [-0.25, -0.2) is 14.3 Å². The summed E-state index contributed by atoms with van der Waals surface area (Å²) in [6, 6.07) is 5.49. The molecular formula is C13H12ClN5O. The van der Waals surface area contributed by atoms with E-state index >= 15 is 0 Å². The zero-order valence-corrected chi connectivity index (χ0v) is 11.5. The van der Waals surface area contributed by atoms with Crippen LogP contribution in [0.2, 0.25) is 5.15 Å². The van der Waals surface area contributed by atoms with Crippen LogP contribution in [0.25, 0.3) is 11.5 Å². The Morgan fingerprint density at radius 1 is 1.30 bits per heavy atom. The van der Waals surface area contributed by atoms with Gasteiger partial charge in [0.1, 0.15) is 5.15 Å². The standard InChI is InChI=1S/C13H12ClN5O/c1-9-7-11(10(8-20)13(14)16-9)18-6-3-12(17-18)19-5-2-4-15-19/h2-7,20H,8H2,1H3. The molecule has 0 saturated carbocycles. The molecule has 20 heavy (non-hydrogen) atoms. The number of aromatic nitrogens is 5. The van der Waals surface area contributed by atoms with Crippen molar-refractivity contribution in [2.75, 3.05) is 0 Å².